The predicted molar refractivity (Wildman–Crippen MR) is 195 cm³/mol. The van der Waals surface area contributed by atoms with Crippen LogP contribution < -0.4 is 14.6 Å². The summed E-state index contributed by atoms with van der Waals surface area (Å²) in [6.07, 6.45) is 12.6. The third-order valence-corrected chi connectivity index (χ3v) is 9.55. The van der Waals surface area contributed by atoms with Crippen molar-refractivity contribution in [3.63, 3.8) is 0 Å². The Morgan fingerprint density at radius 3 is 1.43 bits per heavy atom. The fraction of sp³-hybridized carbons (Fsp3) is 0.368. The van der Waals surface area contributed by atoms with Crippen molar-refractivity contribution in [2.45, 2.75) is 101 Å². The van der Waals surface area contributed by atoms with Crippen LogP contribution in [0.4, 0.5) is 0 Å². The molecular weight excluding hydrogens is 721 g/mol. The van der Waals surface area contributed by atoms with Gasteiger partial charge in [-0.15, -0.1) is 5.75 Å². The van der Waals surface area contributed by atoms with E-state index in [2.05, 4.69) is 13.8 Å². The number of hydrogen-bond acceptors (Lipinski definition) is 9. The van der Waals surface area contributed by atoms with Gasteiger partial charge in [0.15, 0.2) is 0 Å². The zero-order valence-corrected chi connectivity index (χ0v) is 33.1. The normalized spacial score (nSPS) is 11.2. The number of phenolic OH excluding ortho intramolecular Hbond substituents is 1. The van der Waals surface area contributed by atoms with E-state index in [9.17, 15) is 36.2 Å². The minimum Gasteiger partial charge on any atom is -0.872 e. The Bertz CT molecular complexity index is 1710. The summed E-state index contributed by atoms with van der Waals surface area (Å²) < 4.78 is 78.7. The van der Waals surface area contributed by atoms with Crippen LogP contribution >= 0.6 is 0 Å². The summed E-state index contributed by atoms with van der Waals surface area (Å²) in [5, 5.41) is 20.4. The molecule has 0 atom stereocenters. The van der Waals surface area contributed by atoms with E-state index in [1.54, 1.807) is 12.1 Å². The molecule has 4 aromatic rings. The second-order valence-corrected chi connectivity index (χ2v) is 14.7. The van der Waals surface area contributed by atoms with Gasteiger partial charge in [-0.1, -0.05) is 89.5 Å². The first-order valence-electron chi connectivity index (χ1n) is 16.9. The average Bonchev–Trinajstić information content (AvgIpc) is 3.07. The standard InChI is InChI=1S/2C19H24O5S.Ca/c2*1-2-3-4-5-6-7-15-8-13-18(19(14-15)25(21,22)23)24-17-11-9-16(20)10-12-17;/h2*8-14,20H,2-7H2,1H3,(H,21,22,23);/q;;+2/p-2. The molecule has 0 saturated heterocycles. The van der Waals surface area contributed by atoms with Crippen molar-refractivity contribution in [2.24, 2.45) is 0 Å². The molecule has 0 fully saturated rings. The molecule has 272 valence electrons. The van der Waals surface area contributed by atoms with Gasteiger partial charge in [-0.25, -0.2) is 8.42 Å². The number of aryl methyl sites for hydroxylation is 2. The summed E-state index contributed by atoms with van der Waals surface area (Å²) in [6, 6.07) is 20.9. The summed E-state index contributed by atoms with van der Waals surface area (Å²) in [7, 11) is -9.06. The van der Waals surface area contributed by atoms with Crippen molar-refractivity contribution in [1.82, 2.24) is 0 Å². The zero-order chi connectivity index (χ0) is 36.6. The average molecular weight is 767 g/mol. The molecular formula is C38H46CaO10S2. The number of hydrogen-bond donors (Lipinski definition) is 2. The molecule has 10 nitrogen and oxygen atoms in total. The molecule has 13 heteroatoms. The van der Waals surface area contributed by atoms with Gasteiger partial charge in [-0.3, -0.25) is 4.55 Å². The quantitative estimate of drug-likeness (QED) is 0.0568. The summed E-state index contributed by atoms with van der Waals surface area (Å²) in [5.74, 6) is 0.612. The molecule has 4 aromatic carbocycles. The molecule has 0 aliphatic heterocycles. The first-order chi connectivity index (χ1) is 23.8. The predicted octanol–water partition coefficient (Wildman–Crippen LogP) is 8.53. The maximum Gasteiger partial charge on any atom is 2.00 e. The Balaban J connectivity index is 0.000000347. The van der Waals surface area contributed by atoms with Gasteiger partial charge in [0.25, 0.3) is 10.1 Å². The van der Waals surface area contributed by atoms with Gasteiger partial charge in [0.1, 0.15) is 43.8 Å². The topological polar surface area (TPSA) is 173 Å². The molecule has 0 unspecified atom stereocenters. The minimum absolute atomic E-state index is 0. The molecule has 0 bridgehead atoms. The second-order valence-electron chi connectivity index (χ2n) is 12.0. The van der Waals surface area contributed by atoms with Crippen LogP contribution in [0.2, 0.25) is 0 Å². The number of unbranched alkanes of at least 4 members (excludes halogenated alkanes) is 8. The van der Waals surface area contributed by atoms with Crippen LogP contribution in [0.3, 0.4) is 0 Å². The Kier molecular flexibility index (Phi) is 19.4. The molecule has 0 aliphatic carbocycles. The van der Waals surface area contributed by atoms with Crippen molar-refractivity contribution < 1.29 is 45.6 Å². The minimum atomic E-state index is -4.66. The Morgan fingerprint density at radius 2 is 1.00 bits per heavy atom. The summed E-state index contributed by atoms with van der Waals surface area (Å²) in [6.45, 7) is 4.31. The van der Waals surface area contributed by atoms with E-state index in [1.807, 2.05) is 6.07 Å². The molecule has 0 heterocycles. The van der Waals surface area contributed by atoms with Gasteiger partial charge in [-0.2, -0.15) is 8.42 Å². The largest absolute Gasteiger partial charge is 2.00 e. The van der Waals surface area contributed by atoms with Gasteiger partial charge in [0.2, 0.25) is 0 Å². The van der Waals surface area contributed by atoms with Crippen LogP contribution in [0.1, 0.15) is 89.2 Å². The number of ether oxygens (including phenoxy) is 2. The summed E-state index contributed by atoms with van der Waals surface area (Å²) >= 11 is 0. The zero-order valence-electron chi connectivity index (χ0n) is 29.3. The van der Waals surface area contributed by atoms with Crippen LogP contribution in [0.25, 0.3) is 0 Å². The summed E-state index contributed by atoms with van der Waals surface area (Å²) in [4.78, 5) is -0.614. The van der Waals surface area contributed by atoms with Crippen molar-refractivity contribution in [1.29, 1.82) is 0 Å². The van der Waals surface area contributed by atoms with E-state index in [1.165, 1.54) is 92.4 Å². The monoisotopic (exact) mass is 766 g/mol. The molecule has 0 radical (unpaired) electrons. The smallest absolute Gasteiger partial charge is 0.872 e. The Morgan fingerprint density at radius 1 is 0.588 bits per heavy atom. The molecule has 0 saturated carbocycles. The molecule has 0 amide bonds. The van der Waals surface area contributed by atoms with Gasteiger partial charge in [0, 0.05) is 0 Å². The maximum absolute atomic E-state index is 11.7. The molecule has 4 rings (SSSR count). The fourth-order valence-corrected chi connectivity index (χ4v) is 6.44. The van der Waals surface area contributed by atoms with Gasteiger partial charge < -0.3 is 24.2 Å². The first kappa shape index (κ1) is 44.3. The van der Waals surface area contributed by atoms with Crippen molar-refractivity contribution in [2.75, 3.05) is 0 Å². The van der Waals surface area contributed by atoms with Crippen molar-refractivity contribution in [3.05, 3.63) is 96.1 Å². The molecule has 51 heavy (non-hydrogen) atoms. The SMILES string of the molecule is CCCCCCCc1ccc(Oc2ccc(O)cc2)c(S(=O)(=O)O)c1.CCCCCCCc1ccc(Oc2ccc([O-])cc2)c(S(=O)(=O)[O-])c1.[Ca+2]. The third kappa shape index (κ3) is 16.2. The van der Waals surface area contributed by atoms with Crippen molar-refractivity contribution in [3.8, 4) is 34.5 Å². The van der Waals surface area contributed by atoms with Crippen molar-refractivity contribution >= 4 is 58.0 Å². The van der Waals surface area contributed by atoms with E-state index < -0.39 is 20.2 Å². The van der Waals surface area contributed by atoms with Crippen LogP contribution in [0.15, 0.2) is 94.7 Å². The third-order valence-electron chi connectivity index (χ3n) is 7.82. The number of aromatic hydroxyl groups is 1. The second kappa shape index (κ2) is 22.3. The molecule has 0 aliphatic rings. The number of phenols is 1. The summed E-state index contributed by atoms with van der Waals surface area (Å²) in [5.41, 5.74) is 1.65. The Labute approximate surface area is 332 Å². The van der Waals surface area contributed by atoms with E-state index in [0.717, 1.165) is 62.5 Å². The van der Waals surface area contributed by atoms with Gasteiger partial charge in [0.05, 0.1) is 4.90 Å². The van der Waals surface area contributed by atoms with E-state index >= 15 is 0 Å². The van der Waals surface area contributed by atoms with Gasteiger partial charge >= 0.3 is 37.7 Å². The van der Waals surface area contributed by atoms with Crippen LogP contribution in [0.5, 0.6) is 34.5 Å². The molecule has 0 aromatic heterocycles. The van der Waals surface area contributed by atoms with Crippen LogP contribution in [-0.4, -0.2) is 68.8 Å². The van der Waals surface area contributed by atoms with Gasteiger partial charge in [-0.05, 0) is 97.5 Å². The van der Waals surface area contributed by atoms with E-state index in [-0.39, 0.29) is 70.5 Å². The molecule has 2 N–H and O–H groups in total. The fourth-order valence-electron chi connectivity index (χ4n) is 5.12. The maximum atomic E-state index is 11.7. The Hall–Kier alpha value is -2.84. The molecule has 0 spiro atoms. The van der Waals surface area contributed by atoms with Crippen LogP contribution in [0, 0.1) is 0 Å². The number of benzene rings is 4. The first-order valence-corrected chi connectivity index (χ1v) is 19.8. The van der Waals surface area contributed by atoms with Crippen LogP contribution in [-0.2, 0) is 33.1 Å². The van der Waals surface area contributed by atoms with E-state index in [0.29, 0.717) is 11.5 Å². The van der Waals surface area contributed by atoms with E-state index in [4.69, 9.17) is 9.47 Å². The number of rotatable bonds is 18.